The first kappa shape index (κ1) is 13.4. The number of benzene rings is 3. The summed E-state index contributed by atoms with van der Waals surface area (Å²) in [5.74, 6) is 0.496. The molecular formula is C20H18O. The lowest BCUT2D eigenvalue weighted by molar-refractivity contribution is 0.466. The van der Waals surface area contributed by atoms with E-state index in [9.17, 15) is 5.11 Å². The minimum absolute atomic E-state index is 0.141. The van der Waals surface area contributed by atoms with Crippen LogP contribution in [0.25, 0.3) is 11.1 Å². The summed E-state index contributed by atoms with van der Waals surface area (Å²) in [5, 5.41) is 10.4. The molecule has 3 rings (SSSR count). The van der Waals surface area contributed by atoms with Crippen molar-refractivity contribution < 1.29 is 5.11 Å². The van der Waals surface area contributed by atoms with Crippen LogP contribution in [0.15, 0.2) is 78.9 Å². The third kappa shape index (κ3) is 2.68. The largest absolute Gasteiger partial charge is 0.508 e. The summed E-state index contributed by atoms with van der Waals surface area (Å²) >= 11 is 0. The number of phenolic OH excluding ortho intramolecular Hbond substituents is 1. The molecule has 0 spiro atoms. The molecule has 1 N–H and O–H groups in total. The van der Waals surface area contributed by atoms with Crippen LogP contribution in [0.4, 0.5) is 0 Å². The van der Waals surface area contributed by atoms with Crippen molar-refractivity contribution in [3.8, 4) is 16.9 Å². The minimum Gasteiger partial charge on any atom is -0.508 e. The van der Waals surface area contributed by atoms with E-state index in [1.54, 1.807) is 6.07 Å². The SMILES string of the molecule is CC(c1ccccc1)c1c(O)cccc1-c1ccccc1. The summed E-state index contributed by atoms with van der Waals surface area (Å²) in [4.78, 5) is 0. The summed E-state index contributed by atoms with van der Waals surface area (Å²) in [6, 6.07) is 26.2. The number of phenols is 1. The maximum absolute atomic E-state index is 10.4. The second-order valence-electron chi connectivity index (χ2n) is 5.24. The van der Waals surface area contributed by atoms with Crippen LogP contribution in [-0.4, -0.2) is 5.11 Å². The lowest BCUT2D eigenvalue weighted by atomic mass is 9.86. The molecule has 1 heteroatoms. The first-order chi connectivity index (χ1) is 10.3. The van der Waals surface area contributed by atoms with Crippen molar-refractivity contribution in [2.24, 2.45) is 0 Å². The normalized spacial score (nSPS) is 12.0. The summed E-state index contributed by atoms with van der Waals surface area (Å²) in [7, 11) is 0. The highest BCUT2D eigenvalue weighted by atomic mass is 16.3. The lowest BCUT2D eigenvalue weighted by Crippen LogP contribution is -1.99. The lowest BCUT2D eigenvalue weighted by Gasteiger charge is -2.18. The van der Waals surface area contributed by atoms with E-state index in [0.717, 1.165) is 16.7 Å². The van der Waals surface area contributed by atoms with Gasteiger partial charge in [-0.15, -0.1) is 0 Å². The predicted octanol–water partition coefficient (Wildman–Crippen LogP) is 5.21. The Kier molecular flexibility index (Phi) is 3.74. The molecule has 0 aromatic heterocycles. The molecular weight excluding hydrogens is 256 g/mol. The van der Waals surface area contributed by atoms with Crippen molar-refractivity contribution in [3.05, 3.63) is 90.0 Å². The second-order valence-corrected chi connectivity index (χ2v) is 5.24. The maximum atomic E-state index is 10.4. The molecule has 0 amide bonds. The molecule has 3 aromatic carbocycles. The standard InChI is InChI=1S/C20H18O/c1-15(16-9-4-2-5-10-16)20-18(13-8-14-19(20)21)17-11-6-3-7-12-17/h2-15,21H,1H3. The van der Waals surface area contributed by atoms with Gasteiger partial charge < -0.3 is 5.11 Å². The van der Waals surface area contributed by atoms with Crippen molar-refractivity contribution in [1.29, 1.82) is 0 Å². The third-order valence-electron chi connectivity index (χ3n) is 3.90. The average molecular weight is 274 g/mol. The number of hydrogen-bond donors (Lipinski definition) is 1. The molecule has 0 bridgehead atoms. The number of aromatic hydroxyl groups is 1. The molecule has 1 nitrogen and oxygen atoms in total. The summed E-state index contributed by atoms with van der Waals surface area (Å²) in [5.41, 5.74) is 4.41. The zero-order chi connectivity index (χ0) is 14.7. The smallest absolute Gasteiger partial charge is 0.119 e. The van der Waals surface area contributed by atoms with E-state index < -0.39 is 0 Å². The highest BCUT2D eigenvalue weighted by molar-refractivity contribution is 5.71. The van der Waals surface area contributed by atoms with Gasteiger partial charge in [0.1, 0.15) is 5.75 Å². The van der Waals surface area contributed by atoms with Gasteiger partial charge in [0.05, 0.1) is 0 Å². The van der Waals surface area contributed by atoms with Gasteiger partial charge in [-0.25, -0.2) is 0 Å². The Morgan fingerprint density at radius 3 is 2.00 bits per heavy atom. The van der Waals surface area contributed by atoms with E-state index in [1.165, 1.54) is 5.56 Å². The van der Waals surface area contributed by atoms with Gasteiger partial charge in [-0.1, -0.05) is 79.7 Å². The first-order valence-electron chi connectivity index (χ1n) is 7.19. The molecule has 3 aromatic rings. The van der Waals surface area contributed by atoms with E-state index in [0.29, 0.717) is 5.75 Å². The van der Waals surface area contributed by atoms with Crippen molar-refractivity contribution in [1.82, 2.24) is 0 Å². The van der Waals surface area contributed by atoms with Gasteiger partial charge in [0.15, 0.2) is 0 Å². The van der Waals surface area contributed by atoms with Crippen LogP contribution in [0.1, 0.15) is 24.0 Å². The van der Waals surface area contributed by atoms with E-state index in [4.69, 9.17) is 0 Å². The molecule has 0 heterocycles. The van der Waals surface area contributed by atoms with Gasteiger partial charge in [0.25, 0.3) is 0 Å². The van der Waals surface area contributed by atoms with Gasteiger partial charge >= 0.3 is 0 Å². The summed E-state index contributed by atoms with van der Waals surface area (Å²) in [6.07, 6.45) is 0. The van der Waals surface area contributed by atoms with Crippen molar-refractivity contribution >= 4 is 0 Å². The number of hydrogen-bond acceptors (Lipinski definition) is 1. The molecule has 1 unspecified atom stereocenters. The van der Waals surface area contributed by atoms with E-state index in [1.807, 2.05) is 42.5 Å². The van der Waals surface area contributed by atoms with Crippen LogP contribution in [0.5, 0.6) is 5.75 Å². The van der Waals surface area contributed by atoms with Crippen LogP contribution in [0, 0.1) is 0 Å². The Morgan fingerprint density at radius 2 is 1.33 bits per heavy atom. The molecule has 104 valence electrons. The Morgan fingerprint density at radius 1 is 0.714 bits per heavy atom. The molecule has 0 saturated heterocycles. The number of rotatable bonds is 3. The summed E-state index contributed by atoms with van der Waals surface area (Å²) in [6.45, 7) is 2.14. The first-order valence-corrected chi connectivity index (χ1v) is 7.19. The fourth-order valence-electron chi connectivity index (χ4n) is 2.79. The minimum atomic E-state index is 0.141. The van der Waals surface area contributed by atoms with Crippen molar-refractivity contribution in [3.63, 3.8) is 0 Å². The highest BCUT2D eigenvalue weighted by Crippen LogP contribution is 2.38. The third-order valence-corrected chi connectivity index (χ3v) is 3.90. The average Bonchev–Trinajstić information content (AvgIpc) is 2.55. The zero-order valence-electron chi connectivity index (χ0n) is 12.0. The Labute approximate surface area is 125 Å². The van der Waals surface area contributed by atoms with E-state index in [-0.39, 0.29) is 5.92 Å². The molecule has 0 aliphatic rings. The maximum Gasteiger partial charge on any atom is 0.119 e. The molecule has 0 fully saturated rings. The van der Waals surface area contributed by atoms with Gasteiger partial charge in [-0.3, -0.25) is 0 Å². The quantitative estimate of drug-likeness (QED) is 0.695. The molecule has 21 heavy (non-hydrogen) atoms. The van der Waals surface area contributed by atoms with Crippen molar-refractivity contribution in [2.75, 3.05) is 0 Å². The van der Waals surface area contributed by atoms with Crippen LogP contribution in [-0.2, 0) is 0 Å². The zero-order valence-corrected chi connectivity index (χ0v) is 12.0. The summed E-state index contributed by atoms with van der Waals surface area (Å²) < 4.78 is 0. The van der Waals surface area contributed by atoms with E-state index >= 15 is 0 Å². The Balaban J connectivity index is 2.14. The molecule has 0 aliphatic carbocycles. The van der Waals surface area contributed by atoms with Crippen LogP contribution in [0.2, 0.25) is 0 Å². The second kappa shape index (κ2) is 5.84. The topological polar surface area (TPSA) is 20.2 Å². The van der Waals surface area contributed by atoms with Crippen LogP contribution in [0.3, 0.4) is 0 Å². The predicted molar refractivity (Wildman–Crippen MR) is 87.5 cm³/mol. The van der Waals surface area contributed by atoms with Gasteiger partial charge in [-0.2, -0.15) is 0 Å². The Bertz CT molecular complexity index is 717. The molecule has 0 radical (unpaired) electrons. The molecule has 0 saturated carbocycles. The van der Waals surface area contributed by atoms with Crippen LogP contribution < -0.4 is 0 Å². The fraction of sp³-hybridized carbons (Fsp3) is 0.100. The fourth-order valence-corrected chi connectivity index (χ4v) is 2.79. The van der Waals surface area contributed by atoms with Gasteiger partial charge in [0.2, 0.25) is 0 Å². The van der Waals surface area contributed by atoms with E-state index in [2.05, 4.69) is 37.3 Å². The monoisotopic (exact) mass is 274 g/mol. The Hall–Kier alpha value is -2.54. The molecule has 0 aliphatic heterocycles. The van der Waals surface area contributed by atoms with Gasteiger partial charge in [-0.05, 0) is 22.8 Å². The molecule has 1 atom stereocenters. The van der Waals surface area contributed by atoms with Gasteiger partial charge in [0, 0.05) is 11.5 Å². The van der Waals surface area contributed by atoms with Crippen molar-refractivity contribution in [2.45, 2.75) is 12.8 Å². The highest BCUT2D eigenvalue weighted by Gasteiger charge is 2.17. The van der Waals surface area contributed by atoms with Crippen LogP contribution >= 0.6 is 0 Å².